The molecule has 2 rings (SSSR count). The lowest BCUT2D eigenvalue weighted by molar-refractivity contribution is -0.287. The summed E-state index contributed by atoms with van der Waals surface area (Å²) in [6.07, 6.45) is -3.76. The van der Waals surface area contributed by atoms with Crippen LogP contribution in [0.25, 0.3) is 0 Å². The van der Waals surface area contributed by atoms with Crippen molar-refractivity contribution in [3.05, 3.63) is 18.2 Å². The molecule has 80 valence electrons. The molecule has 0 unspecified atom stereocenters. The maximum Gasteiger partial charge on any atom is 0.707 e. The van der Waals surface area contributed by atoms with Crippen molar-refractivity contribution in [3.8, 4) is 17.2 Å². The molecule has 0 atom stereocenters. The van der Waals surface area contributed by atoms with Gasteiger partial charge in [-0.1, -0.05) is 6.07 Å². The van der Waals surface area contributed by atoms with Gasteiger partial charge < -0.3 is 24.2 Å². The SMILES string of the molecule is OB(O)Oc1cccc2c1OC(F)(F)O2. The standard InChI is InChI=1S/C7H5BF2O5/c9-7(10)13-4-2-1-3-5(6(4)14-7)15-8(11)12/h1-3,11-12H. The van der Waals surface area contributed by atoms with Crippen LogP contribution in [0.2, 0.25) is 0 Å². The molecule has 0 radical (unpaired) electrons. The zero-order valence-corrected chi connectivity index (χ0v) is 7.18. The Hall–Kier alpha value is -1.54. The van der Waals surface area contributed by atoms with Crippen LogP contribution in [-0.2, 0) is 0 Å². The molecule has 0 aliphatic carbocycles. The van der Waals surface area contributed by atoms with Crippen LogP contribution in [0.1, 0.15) is 0 Å². The monoisotopic (exact) mass is 218 g/mol. The molecule has 0 spiro atoms. The van der Waals surface area contributed by atoms with Crippen LogP contribution >= 0.6 is 0 Å². The highest BCUT2D eigenvalue weighted by Crippen LogP contribution is 2.46. The van der Waals surface area contributed by atoms with Crippen LogP contribution in [0.15, 0.2) is 18.2 Å². The lowest BCUT2D eigenvalue weighted by atomic mass is 10.2. The maximum absolute atomic E-state index is 12.6. The summed E-state index contributed by atoms with van der Waals surface area (Å²) in [6, 6.07) is 3.83. The second-order valence-corrected chi connectivity index (χ2v) is 2.70. The molecule has 0 saturated heterocycles. The molecule has 0 fully saturated rings. The molecule has 1 aliphatic rings. The number of halogens is 2. The summed E-state index contributed by atoms with van der Waals surface area (Å²) in [7, 11) is -2.12. The van der Waals surface area contributed by atoms with E-state index in [4.69, 9.17) is 10.0 Å². The predicted octanol–water partition coefficient (Wildman–Crippen LogP) is 0.356. The number of para-hydroxylation sites is 1. The molecule has 1 aromatic rings. The van der Waals surface area contributed by atoms with Crippen molar-refractivity contribution < 1.29 is 33.0 Å². The minimum atomic E-state index is -3.76. The zero-order valence-electron chi connectivity index (χ0n) is 7.18. The van der Waals surface area contributed by atoms with Crippen LogP contribution in [0.3, 0.4) is 0 Å². The van der Waals surface area contributed by atoms with E-state index >= 15 is 0 Å². The second kappa shape index (κ2) is 3.25. The molecule has 1 aliphatic heterocycles. The molecule has 5 nitrogen and oxygen atoms in total. The number of fused-ring (bicyclic) bond motifs is 1. The molecule has 0 amide bonds. The van der Waals surface area contributed by atoms with Gasteiger partial charge in [0.05, 0.1) is 0 Å². The van der Waals surface area contributed by atoms with E-state index in [1.165, 1.54) is 18.2 Å². The smallest absolute Gasteiger partial charge is 0.509 e. The second-order valence-electron chi connectivity index (χ2n) is 2.70. The largest absolute Gasteiger partial charge is 0.707 e. The van der Waals surface area contributed by atoms with Crippen LogP contribution in [0, 0.1) is 0 Å². The molecular weight excluding hydrogens is 213 g/mol. The van der Waals surface area contributed by atoms with Crippen molar-refractivity contribution in [2.75, 3.05) is 0 Å². The van der Waals surface area contributed by atoms with E-state index in [2.05, 4.69) is 14.1 Å². The van der Waals surface area contributed by atoms with Gasteiger partial charge in [-0.2, -0.15) is 0 Å². The quantitative estimate of drug-likeness (QED) is 0.701. The summed E-state index contributed by atoms with van der Waals surface area (Å²) in [5.41, 5.74) is 0. The number of rotatable bonds is 2. The Morgan fingerprint density at radius 1 is 1.27 bits per heavy atom. The lowest BCUT2D eigenvalue weighted by Gasteiger charge is -2.07. The Bertz CT molecular complexity index is 384. The molecule has 0 saturated carbocycles. The third-order valence-electron chi connectivity index (χ3n) is 1.62. The number of ether oxygens (including phenoxy) is 2. The van der Waals surface area contributed by atoms with Crippen molar-refractivity contribution in [2.45, 2.75) is 6.29 Å². The average Bonchev–Trinajstić information content (AvgIpc) is 2.39. The van der Waals surface area contributed by atoms with E-state index < -0.39 is 13.6 Å². The van der Waals surface area contributed by atoms with Gasteiger partial charge in [-0.3, -0.25) is 0 Å². The Morgan fingerprint density at radius 3 is 2.67 bits per heavy atom. The van der Waals surface area contributed by atoms with Gasteiger partial charge in [0.2, 0.25) is 5.75 Å². The maximum atomic E-state index is 12.6. The average molecular weight is 218 g/mol. The van der Waals surface area contributed by atoms with Crippen molar-refractivity contribution >= 4 is 7.32 Å². The van der Waals surface area contributed by atoms with E-state index in [1.807, 2.05) is 0 Å². The first-order valence-corrected chi connectivity index (χ1v) is 3.89. The Kier molecular flexibility index (Phi) is 2.16. The topological polar surface area (TPSA) is 68.2 Å². The third-order valence-corrected chi connectivity index (χ3v) is 1.62. The fourth-order valence-electron chi connectivity index (χ4n) is 1.15. The Balaban J connectivity index is 2.33. The van der Waals surface area contributed by atoms with Gasteiger partial charge in [-0.25, -0.2) is 0 Å². The van der Waals surface area contributed by atoms with Crippen LogP contribution in [0.4, 0.5) is 8.78 Å². The summed E-state index contributed by atoms with van der Waals surface area (Å²) in [5.74, 6) is -0.826. The number of alkyl halides is 2. The van der Waals surface area contributed by atoms with Crippen LogP contribution in [-0.4, -0.2) is 23.7 Å². The van der Waals surface area contributed by atoms with Crippen molar-refractivity contribution in [2.24, 2.45) is 0 Å². The first-order chi connectivity index (χ1) is 6.98. The van der Waals surface area contributed by atoms with Crippen LogP contribution < -0.4 is 14.1 Å². The zero-order chi connectivity index (χ0) is 11.1. The molecule has 2 N–H and O–H groups in total. The number of hydrogen-bond acceptors (Lipinski definition) is 5. The van der Waals surface area contributed by atoms with E-state index in [-0.39, 0.29) is 17.2 Å². The van der Waals surface area contributed by atoms with Crippen molar-refractivity contribution in [3.63, 3.8) is 0 Å². The fraction of sp³-hybridized carbons (Fsp3) is 0.143. The molecule has 15 heavy (non-hydrogen) atoms. The third kappa shape index (κ3) is 1.95. The predicted molar refractivity (Wildman–Crippen MR) is 43.5 cm³/mol. The summed E-state index contributed by atoms with van der Waals surface area (Å²) >= 11 is 0. The van der Waals surface area contributed by atoms with Gasteiger partial charge in [-0.15, -0.1) is 8.78 Å². The summed E-state index contributed by atoms with van der Waals surface area (Å²) in [6.45, 7) is 0. The number of benzene rings is 1. The number of hydrogen-bond donors (Lipinski definition) is 2. The van der Waals surface area contributed by atoms with Gasteiger partial charge in [0, 0.05) is 0 Å². The van der Waals surface area contributed by atoms with Gasteiger partial charge in [0.15, 0.2) is 5.75 Å². The highest BCUT2D eigenvalue weighted by atomic mass is 19.3. The molecule has 1 aromatic carbocycles. The Labute approximate surface area is 83.0 Å². The molecular formula is C7H5BF2O5. The molecule has 8 heteroatoms. The minimum Gasteiger partial charge on any atom is -0.509 e. The van der Waals surface area contributed by atoms with Crippen LogP contribution in [0.5, 0.6) is 17.2 Å². The van der Waals surface area contributed by atoms with Crippen molar-refractivity contribution in [1.29, 1.82) is 0 Å². The lowest BCUT2D eigenvalue weighted by Crippen LogP contribution is -2.26. The highest BCUT2D eigenvalue weighted by Gasteiger charge is 2.45. The fourth-order valence-corrected chi connectivity index (χ4v) is 1.15. The Morgan fingerprint density at radius 2 is 2.00 bits per heavy atom. The minimum absolute atomic E-state index is 0.224. The van der Waals surface area contributed by atoms with Gasteiger partial charge in [0.25, 0.3) is 0 Å². The van der Waals surface area contributed by atoms with Gasteiger partial charge >= 0.3 is 13.6 Å². The van der Waals surface area contributed by atoms with E-state index in [9.17, 15) is 8.78 Å². The first kappa shape index (κ1) is 10.00. The van der Waals surface area contributed by atoms with E-state index in [0.29, 0.717) is 0 Å². The molecule has 0 bridgehead atoms. The normalized spacial score (nSPS) is 16.3. The molecule has 0 aromatic heterocycles. The summed E-state index contributed by atoms with van der Waals surface area (Å²) < 4.78 is 37.9. The van der Waals surface area contributed by atoms with Crippen molar-refractivity contribution in [1.82, 2.24) is 0 Å². The van der Waals surface area contributed by atoms with Gasteiger partial charge in [0.1, 0.15) is 5.75 Å². The first-order valence-electron chi connectivity index (χ1n) is 3.89. The summed E-state index contributed by atoms with van der Waals surface area (Å²) in [4.78, 5) is 0. The van der Waals surface area contributed by atoms with Gasteiger partial charge in [-0.05, 0) is 12.1 Å². The molecule has 1 heterocycles. The van der Waals surface area contributed by atoms with E-state index in [0.717, 1.165) is 0 Å². The highest BCUT2D eigenvalue weighted by molar-refractivity contribution is 6.33. The summed E-state index contributed by atoms with van der Waals surface area (Å²) in [5, 5.41) is 17.0. The van der Waals surface area contributed by atoms with E-state index in [1.54, 1.807) is 0 Å².